The third-order valence-corrected chi connectivity index (χ3v) is 8.10. The first-order valence-corrected chi connectivity index (χ1v) is 12.6. The van der Waals surface area contributed by atoms with Gasteiger partial charge in [-0.3, -0.25) is 4.79 Å². The zero-order chi connectivity index (χ0) is 22.0. The number of sulfonamides is 1. The second-order valence-corrected chi connectivity index (χ2v) is 10.5. The third-order valence-electron chi connectivity index (χ3n) is 5.20. The van der Waals surface area contributed by atoms with E-state index in [0.29, 0.717) is 36.7 Å². The third kappa shape index (κ3) is 4.69. The zero-order valence-corrected chi connectivity index (χ0v) is 19.3. The molecule has 2 heterocycles. The van der Waals surface area contributed by atoms with Crippen LogP contribution in [0.4, 0.5) is 5.69 Å². The molecule has 0 unspecified atom stereocenters. The van der Waals surface area contributed by atoms with Gasteiger partial charge in [0.05, 0.1) is 17.2 Å². The van der Waals surface area contributed by atoms with Gasteiger partial charge < -0.3 is 10.1 Å². The maximum Gasteiger partial charge on any atom is 0.246 e. The lowest BCUT2D eigenvalue weighted by molar-refractivity contribution is -0.120. The van der Waals surface area contributed by atoms with Crippen molar-refractivity contribution in [1.29, 1.82) is 0 Å². The minimum atomic E-state index is -3.86. The second kappa shape index (κ2) is 9.12. The molecule has 3 aromatic rings. The number of rotatable bonds is 6. The molecule has 1 aliphatic heterocycles. The van der Waals surface area contributed by atoms with Crippen molar-refractivity contribution in [2.24, 2.45) is 5.92 Å². The van der Waals surface area contributed by atoms with Gasteiger partial charge in [0.2, 0.25) is 15.9 Å². The van der Waals surface area contributed by atoms with E-state index in [1.807, 2.05) is 18.2 Å². The highest BCUT2D eigenvalue weighted by atomic mass is 35.5. The summed E-state index contributed by atoms with van der Waals surface area (Å²) in [5.74, 6) is -0.385. The van der Waals surface area contributed by atoms with Gasteiger partial charge in [-0.2, -0.15) is 8.68 Å². The fraction of sp³-hybridized carbons (Fsp3) is 0.333. The van der Waals surface area contributed by atoms with Gasteiger partial charge in [-0.15, -0.1) is 0 Å². The molecule has 1 fully saturated rings. The van der Waals surface area contributed by atoms with E-state index in [1.54, 1.807) is 25.3 Å². The molecule has 1 aromatic heterocycles. The minimum Gasteiger partial charge on any atom is -0.492 e. The Kier molecular flexibility index (Phi) is 6.47. The molecule has 1 saturated heterocycles. The quantitative estimate of drug-likeness (QED) is 0.566. The molecular formula is C21H22ClN3O4S2. The highest BCUT2D eigenvalue weighted by molar-refractivity contribution is 7.89. The number of aromatic nitrogens is 1. The Morgan fingerprint density at radius 2 is 2.16 bits per heavy atom. The first-order chi connectivity index (χ1) is 14.9. The van der Waals surface area contributed by atoms with Gasteiger partial charge >= 0.3 is 0 Å². The standard InChI is InChI=1S/C21H22ClN3O4S2/c1-2-29-18-7-5-16(22)11-20(18)31(27,28)25-9-3-4-14(13-25)21(26)24-17-6-8-19-15(10-17)12-23-30-19/h5-8,10-12,14H,2-4,9,13H2,1H3,(H,24,26)/t14-/m0/s1. The molecule has 1 aliphatic rings. The number of nitrogens with one attached hydrogen (secondary N) is 1. The maximum atomic E-state index is 13.3. The van der Waals surface area contributed by atoms with Crippen LogP contribution in [0.25, 0.3) is 10.1 Å². The van der Waals surface area contributed by atoms with Crippen molar-refractivity contribution < 1.29 is 17.9 Å². The van der Waals surface area contributed by atoms with Crippen molar-refractivity contribution in [2.45, 2.75) is 24.7 Å². The summed E-state index contributed by atoms with van der Waals surface area (Å²) in [4.78, 5) is 12.9. The van der Waals surface area contributed by atoms with Crippen LogP contribution in [0.2, 0.25) is 5.02 Å². The number of halogens is 1. The molecule has 0 bridgehead atoms. The highest BCUT2D eigenvalue weighted by Gasteiger charge is 2.35. The van der Waals surface area contributed by atoms with E-state index in [9.17, 15) is 13.2 Å². The highest BCUT2D eigenvalue weighted by Crippen LogP contribution is 2.32. The number of fused-ring (bicyclic) bond motifs is 1. The summed E-state index contributed by atoms with van der Waals surface area (Å²) in [6.07, 6.45) is 2.97. The largest absolute Gasteiger partial charge is 0.492 e. The Morgan fingerprint density at radius 1 is 1.32 bits per heavy atom. The van der Waals surface area contributed by atoms with Crippen LogP contribution in [-0.4, -0.2) is 42.7 Å². The van der Waals surface area contributed by atoms with E-state index in [-0.39, 0.29) is 23.1 Å². The van der Waals surface area contributed by atoms with Gasteiger partial charge in [0.15, 0.2) is 0 Å². The first-order valence-electron chi connectivity index (χ1n) is 9.96. The number of hydrogen-bond donors (Lipinski definition) is 1. The Balaban J connectivity index is 1.52. The molecular weight excluding hydrogens is 458 g/mol. The molecule has 0 spiro atoms. The number of hydrogen-bond acceptors (Lipinski definition) is 6. The number of anilines is 1. The second-order valence-electron chi connectivity index (χ2n) is 7.29. The molecule has 2 aromatic carbocycles. The van der Waals surface area contributed by atoms with Crippen LogP contribution in [-0.2, 0) is 14.8 Å². The number of nitrogens with zero attached hydrogens (tertiary/aromatic N) is 2. The van der Waals surface area contributed by atoms with Crippen LogP contribution in [0.1, 0.15) is 19.8 Å². The lowest BCUT2D eigenvalue weighted by atomic mass is 9.98. The van der Waals surface area contributed by atoms with E-state index in [2.05, 4.69) is 9.69 Å². The minimum absolute atomic E-state index is 0.0262. The summed E-state index contributed by atoms with van der Waals surface area (Å²) < 4.78 is 38.7. The van der Waals surface area contributed by atoms with Gasteiger partial charge in [0.25, 0.3) is 0 Å². The molecule has 164 valence electrons. The molecule has 10 heteroatoms. The predicted molar refractivity (Wildman–Crippen MR) is 122 cm³/mol. The number of piperidine rings is 1. The molecule has 7 nitrogen and oxygen atoms in total. The molecule has 31 heavy (non-hydrogen) atoms. The Hall–Kier alpha value is -2.20. The van der Waals surface area contributed by atoms with Crippen LogP contribution in [0.15, 0.2) is 47.5 Å². The van der Waals surface area contributed by atoms with Crippen LogP contribution in [0.5, 0.6) is 5.75 Å². The van der Waals surface area contributed by atoms with Gasteiger partial charge in [-0.25, -0.2) is 8.42 Å². The van der Waals surface area contributed by atoms with Crippen LogP contribution >= 0.6 is 23.1 Å². The van der Waals surface area contributed by atoms with Crippen molar-refractivity contribution in [3.8, 4) is 5.75 Å². The van der Waals surface area contributed by atoms with E-state index < -0.39 is 15.9 Å². The van der Waals surface area contributed by atoms with Crippen molar-refractivity contribution in [3.05, 3.63) is 47.6 Å². The predicted octanol–water partition coefficient (Wildman–Crippen LogP) is 4.39. The SMILES string of the molecule is CCOc1ccc(Cl)cc1S(=O)(=O)N1CCC[C@H](C(=O)Nc2ccc3sncc3c2)C1. The molecule has 1 amide bonds. The normalized spacial score (nSPS) is 17.5. The molecule has 1 atom stereocenters. The van der Waals surface area contributed by atoms with Gasteiger partial charge in [0.1, 0.15) is 10.6 Å². The molecule has 0 radical (unpaired) electrons. The van der Waals surface area contributed by atoms with E-state index >= 15 is 0 Å². The van der Waals surface area contributed by atoms with Crippen LogP contribution in [0.3, 0.4) is 0 Å². The van der Waals surface area contributed by atoms with Crippen molar-refractivity contribution in [3.63, 3.8) is 0 Å². The topological polar surface area (TPSA) is 88.6 Å². The summed E-state index contributed by atoms with van der Waals surface area (Å²) in [6, 6.07) is 10.2. The number of carbonyl (C=O) groups is 1. The monoisotopic (exact) mass is 479 g/mol. The first kappa shape index (κ1) is 22.0. The van der Waals surface area contributed by atoms with Crippen molar-refractivity contribution in [2.75, 3.05) is 25.0 Å². The van der Waals surface area contributed by atoms with Crippen LogP contribution in [0, 0.1) is 5.92 Å². The van der Waals surface area contributed by atoms with E-state index in [4.69, 9.17) is 16.3 Å². The summed E-state index contributed by atoms with van der Waals surface area (Å²) in [5, 5.41) is 4.19. The lowest BCUT2D eigenvalue weighted by Gasteiger charge is -2.31. The fourth-order valence-corrected chi connectivity index (χ4v) is 6.21. The average Bonchev–Trinajstić information content (AvgIpc) is 3.23. The average molecular weight is 480 g/mol. The number of amides is 1. The summed E-state index contributed by atoms with van der Waals surface area (Å²) >= 11 is 7.45. The number of ether oxygens (including phenoxy) is 1. The smallest absolute Gasteiger partial charge is 0.246 e. The van der Waals surface area contributed by atoms with Gasteiger partial charge in [-0.1, -0.05) is 11.6 Å². The summed E-state index contributed by atoms with van der Waals surface area (Å²) in [6.45, 7) is 2.57. The van der Waals surface area contributed by atoms with Gasteiger partial charge in [-0.05, 0) is 67.7 Å². The Labute approximate surface area is 190 Å². The summed E-state index contributed by atoms with van der Waals surface area (Å²) in [5.41, 5.74) is 0.672. The lowest BCUT2D eigenvalue weighted by Crippen LogP contribution is -2.43. The van der Waals surface area contributed by atoms with Crippen molar-refractivity contribution in [1.82, 2.24) is 8.68 Å². The molecule has 4 rings (SSSR count). The van der Waals surface area contributed by atoms with E-state index in [1.165, 1.54) is 21.9 Å². The Bertz CT molecular complexity index is 1210. The fourth-order valence-electron chi connectivity index (χ4n) is 3.67. The number of benzene rings is 2. The zero-order valence-electron chi connectivity index (χ0n) is 16.9. The molecule has 1 N–H and O–H groups in total. The Morgan fingerprint density at radius 3 is 2.97 bits per heavy atom. The van der Waals surface area contributed by atoms with Crippen molar-refractivity contribution >= 4 is 54.8 Å². The number of carbonyl (C=O) groups excluding carboxylic acids is 1. The molecule has 0 saturated carbocycles. The summed E-state index contributed by atoms with van der Waals surface area (Å²) in [7, 11) is -3.86. The van der Waals surface area contributed by atoms with E-state index in [0.717, 1.165) is 10.1 Å². The van der Waals surface area contributed by atoms with Gasteiger partial charge in [0, 0.05) is 35.4 Å². The molecule has 0 aliphatic carbocycles. The maximum absolute atomic E-state index is 13.3. The van der Waals surface area contributed by atoms with Crippen LogP contribution < -0.4 is 10.1 Å².